The summed E-state index contributed by atoms with van der Waals surface area (Å²) >= 11 is 0. The molecule has 0 aromatic rings. The van der Waals surface area contributed by atoms with E-state index in [2.05, 4.69) is 22.0 Å². The van der Waals surface area contributed by atoms with Gasteiger partial charge in [-0.15, -0.1) is 0 Å². The first-order valence-electron chi connectivity index (χ1n) is 7.42. The molecule has 17 heavy (non-hydrogen) atoms. The third-order valence-electron chi connectivity index (χ3n) is 4.76. The van der Waals surface area contributed by atoms with Crippen molar-refractivity contribution in [2.24, 2.45) is 5.41 Å². The Kier molecular flexibility index (Phi) is 3.42. The van der Waals surface area contributed by atoms with E-state index in [1.165, 1.54) is 71.5 Å². The van der Waals surface area contributed by atoms with E-state index in [4.69, 9.17) is 0 Å². The summed E-state index contributed by atoms with van der Waals surface area (Å²) < 4.78 is 0. The van der Waals surface area contributed by atoms with Gasteiger partial charge < -0.3 is 10.2 Å². The summed E-state index contributed by atoms with van der Waals surface area (Å²) in [5, 5.41) is 3.56. The quantitative estimate of drug-likeness (QED) is 0.794. The van der Waals surface area contributed by atoms with Gasteiger partial charge in [0.15, 0.2) is 0 Å². The van der Waals surface area contributed by atoms with Crippen LogP contribution >= 0.6 is 0 Å². The summed E-state index contributed by atoms with van der Waals surface area (Å²) in [6.07, 6.45) is 5.69. The van der Waals surface area contributed by atoms with E-state index >= 15 is 0 Å². The van der Waals surface area contributed by atoms with Crippen molar-refractivity contribution < 1.29 is 0 Å². The van der Waals surface area contributed by atoms with E-state index in [0.717, 1.165) is 6.04 Å². The molecule has 2 aliphatic heterocycles. The number of piperidine rings is 1. The number of piperazine rings is 1. The Labute approximate surface area is 106 Å². The minimum Gasteiger partial charge on any atom is -0.316 e. The molecule has 3 heteroatoms. The van der Waals surface area contributed by atoms with Crippen LogP contribution in [0.2, 0.25) is 0 Å². The van der Waals surface area contributed by atoms with Crippen LogP contribution in [0.4, 0.5) is 0 Å². The molecule has 3 fully saturated rings. The number of rotatable bonds is 3. The van der Waals surface area contributed by atoms with Crippen molar-refractivity contribution in [1.29, 1.82) is 0 Å². The molecule has 0 bridgehead atoms. The van der Waals surface area contributed by atoms with Crippen molar-refractivity contribution in [1.82, 2.24) is 15.1 Å². The Hall–Kier alpha value is -0.120. The third kappa shape index (κ3) is 3.01. The van der Waals surface area contributed by atoms with Gasteiger partial charge in [0.1, 0.15) is 0 Å². The summed E-state index contributed by atoms with van der Waals surface area (Å²) in [6.45, 7) is 11.4. The lowest BCUT2D eigenvalue weighted by molar-refractivity contribution is 0.0755. The van der Waals surface area contributed by atoms with Crippen molar-refractivity contribution in [2.75, 3.05) is 45.8 Å². The zero-order chi connectivity index (χ0) is 11.7. The molecule has 3 aliphatic rings. The molecule has 0 aromatic heterocycles. The highest BCUT2D eigenvalue weighted by Crippen LogP contribution is 2.30. The van der Waals surface area contributed by atoms with Crippen LogP contribution in [0.15, 0.2) is 0 Å². The average molecular weight is 237 g/mol. The van der Waals surface area contributed by atoms with E-state index in [1.807, 2.05) is 0 Å². The largest absolute Gasteiger partial charge is 0.316 e. The second kappa shape index (κ2) is 4.87. The molecule has 0 spiro atoms. The molecule has 1 saturated carbocycles. The van der Waals surface area contributed by atoms with Crippen LogP contribution in [0, 0.1) is 5.41 Å². The molecular formula is C14H27N3. The summed E-state index contributed by atoms with van der Waals surface area (Å²) in [5.41, 5.74) is 0.528. The third-order valence-corrected chi connectivity index (χ3v) is 4.76. The molecule has 1 N–H and O–H groups in total. The van der Waals surface area contributed by atoms with Gasteiger partial charge in [-0.2, -0.15) is 0 Å². The first-order chi connectivity index (χ1) is 8.25. The lowest BCUT2D eigenvalue weighted by Crippen LogP contribution is -2.52. The molecule has 1 aliphatic carbocycles. The maximum absolute atomic E-state index is 3.56. The highest BCUT2D eigenvalue weighted by Gasteiger charge is 2.34. The predicted octanol–water partition coefficient (Wildman–Crippen LogP) is 1.16. The van der Waals surface area contributed by atoms with Crippen molar-refractivity contribution >= 4 is 0 Å². The Balaban J connectivity index is 1.46. The normalized spacial score (nSPS) is 37.2. The minimum absolute atomic E-state index is 0.528. The van der Waals surface area contributed by atoms with Gasteiger partial charge in [-0.1, -0.05) is 6.92 Å². The van der Waals surface area contributed by atoms with Crippen molar-refractivity contribution in [3.8, 4) is 0 Å². The fraction of sp³-hybridized carbons (Fsp3) is 1.00. The van der Waals surface area contributed by atoms with Crippen LogP contribution in [0.1, 0.15) is 32.6 Å². The summed E-state index contributed by atoms with van der Waals surface area (Å²) in [4.78, 5) is 5.41. The van der Waals surface area contributed by atoms with Crippen LogP contribution in [0.3, 0.4) is 0 Å². The van der Waals surface area contributed by atoms with Crippen molar-refractivity contribution in [2.45, 2.75) is 38.6 Å². The lowest BCUT2D eigenvalue weighted by Gasteiger charge is -2.42. The molecule has 3 rings (SSSR count). The molecule has 2 saturated heterocycles. The highest BCUT2D eigenvalue weighted by atomic mass is 15.3. The van der Waals surface area contributed by atoms with Crippen LogP contribution < -0.4 is 5.32 Å². The fourth-order valence-electron chi connectivity index (χ4n) is 3.52. The molecule has 0 aromatic carbocycles. The van der Waals surface area contributed by atoms with E-state index in [0.29, 0.717) is 5.41 Å². The average Bonchev–Trinajstić information content (AvgIpc) is 3.14. The second-order valence-corrected chi connectivity index (χ2v) is 6.63. The SMILES string of the molecule is CC1(CN2CCN(C3CC3)CC2)CCCNC1. The molecule has 1 atom stereocenters. The Morgan fingerprint density at radius 1 is 1.18 bits per heavy atom. The second-order valence-electron chi connectivity index (χ2n) is 6.63. The Morgan fingerprint density at radius 3 is 2.53 bits per heavy atom. The molecule has 1 unspecified atom stereocenters. The first kappa shape index (κ1) is 11.9. The summed E-state index contributed by atoms with van der Waals surface area (Å²) in [5.74, 6) is 0. The van der Waals surface area contributed by atoms with Gasteiger partial charge in [0.05, 0.1) is 0 Å². The molecule has 2 heterocycles. The van der Waals surface area contributed by atoms with Crippen LogP contribution in [0.25, 0.3) is 0 Å². The number of nitrogens with zero attached hydrogens (tertiary/aromatic N) is 2. The zero-order valence-corrected chi connectivity index (χ0v) is 11.2. The van der Waals surface area contributed by atoms with Gasteiger partial charge in [0.25, 0.3) is 0 Å². The number of hydrogen-bond donors (Lipinski definition) is 1. The van der Waals surface area contributed by atoms with Gasteiger partial charge in [-0.05, 0) is 37.6 Å². The summed E-state index contributed by atoms with van der Waals surface area (Å²) in [7, 11) is 0. The van der Waals surface area contributed by atoms with E-state index in [-0.39, 0.29) is 0 Å². The maximum atomic E-state index is 3.56. The minimum atomic E-state index is 0.528. The van der Waals surface area contributed by atoms with Gasteiger partial charge in [-0.25, -0.2) is 0 Å². The Morgan fingerprint density at radius 2 is 1.94 bits per heavy atom. The molecular weight excluding hydrogens is 210 g/mol. The first-order valence-corrected chi connectivity index (χ1v) is 7.42. The van der Waals surface area contributed by atoms with Gasteiger partial charge in [0, 0.05) is 45.3 Å². The topological polar surface area (TPSA) is 18.5 Å². The molecule has 0 radical (unpaired) electrons. The van der Waals surface area contributed by atoms with Gasteiger partial charge >= 0.3 is 0 Å². The van der Waals surface area contributed by atoms with Gasteiger partial charge in [0.2, 0.25) is 0 Å². The van der Waals surface area contributed by atoms with E-state index in [9.17, 15) is 0 Å². The van der Waals surface area contributed by atoms with Crippen LogP contribution in [-0.2, 0) is 0 Å². The zero-order valence-electron chi connectivity index (χ0n) is 11.2. The van der Waals surface area contributed by atoms with Gasteiger partial charge in [-0.3, -0.25) is 4.90 Å². The molecule has 98 valence electrons. The Bertz CT molecular complexity index is 248. The molecule has 0 amide bonds. The van der Waals surface area contributed by atoms with Crippen molar-refractivity contribution in [3.05, 3.63) is 0 Å². The van der Waals surface area contributed by atoms with E-state index < -0.39 is 0 Å². The highest BCUT2D eigenvalue weighted by molar-refractivity contribution is 4.90. The van der Waals surface area contributed by atoms with Crippen molar-refractivity contribution in [3.63, 3.8) is 0 Å². The standard InChI is InChI=1S/C14H27N3/c1-14(5-2-6-15-11-14)12-16-7-9-17(10-8-16)13-3-4-13/h13,15H,2-12H2,1H3. The lowest BCUT2D eigenvalue weighted by atomic mass is 9.82. The smallest absolute Gasteiger partial charge is 0.0113 e. The number of hydrogen-bond acceptors (Lipinski definition) is 3. The molecule has 3 nitrogen and oxygen atoms in total. The predicted molar refractivity (Wildman–Crippen MR) is 71.2 cm³/mol. The maximum Gasteiger partial charge on any atom is 0.0113 e. The number of nitrogens with one attached hydrogen (secondary N) is 1. The monoisotopic (exact) mass is 237 g/mol. The summed E-state index contributed by atoms with van der Waals surface area (Å²) in [6, 6.07) is 0.962. The fourth-order valence-corrected chi connectivity index (χ4v) is 3.52. The van der Waals surface area contributed by atoms with Crippen LogP contribution in [-0.4, -0.2) is 61.7 Å². The van der Waals surface area contributed by atoms with E-state index in [1.54, 1.807) is 0 Å². The van der Waals surface area contributed by atoms with Crippen LogP contribution in [0.5, 0.6) is 0 Å².